The van der Waals surface area contributed by atoms with Crippen LogP contribution in [0.2, 0.25) is 0 Å². The minimum atomic E-state index is -0.758. The summed E-state index contributed by atoms with van der Waals surface area (Å²) in [7, 11) is 0. The Labute approximate surface area is 342 Å². The van der Waals surface area contributed by atoms with Gasteiger partial charge in [0.25, 0.3) is 0 Å². The van der Waals surface area contributed by atoms with Gasteiger partial charge in [0.05, 0.1) is 0 Å². The van der Waals surface area contributed by atoms with E-state index in [1.165, 1.54) is 161 Å². The summed E-state index contributed by atoms with van der Waals surface area (Å²) in [6.07, 6.45) is 44.1. The van der Waals surface area contributed by atoms with Crippen LogP contribution in [0, 0.1) is 5.92 Å². The van der Waals surface area contributed by atoms with Crippen molar-refractivity contribution in [3.63, 3.8) is 0 Å². The Bertz CT molecular complexity index is 826. The van der Waals surface area contributed by atoms with Crippen LogP contribution in [-0.4, -0.2) is 37.2 Å². The van der Waals surface area contributed by atoms with E-state index < -0.39 is 6.10 Å². The van der Waals surface area contributed by atoms with Gasteiger partial charge in [-0.15, -0.1) is 0 Å². The van der Waals surface area contributed by atoms with Crippen LogP contribution in [0.1, 0.15) is 272 Å². The molecule has 0 radical (unpaired) electrons. The van der Waals surface area contributed by atoms with Crippen LogP contribution in [0.25, 0.3) is 0 Å². The van der Waals surface area contributed by atoms with Gasteiger partial charge < -0.3 is 14.2 Å². The summed E-state index contributed by atoms with van der Waals surface area (Å²) in [5, 5.41) is 0. The van der Waals surface area contributed by atoms with Crippen molar-refractivity contribution >= 4 is 17.9 Å². The second-order valence-electron chi connectivity index (χ2n) is 17.2. The number of esters is 3. The van der Waals surface area contributed by atoms with E-state index in [1.807, 2.05) is 0 Å². The predicted octanol–water partition coefficient (Wildman–Crippen LogP) is 15.5. The number of rotatable bonds is 44. The molecule has 0 saturated carbocycles. The highest BCUT2D eigenvalue weighted by Crippen LogP contribution is 2.17. The second-order valence-corrected chi connectivity index (χ2v) is 17.2. The number of carbonyl (C=O) groups excluding carboxylic acids is 3. The summed E-state index contributed by atoms with van der Waals surface area (Å²) < 4.78 is 16.6. The monoisotopic (exact) mass is 779 g/mol. The molecule has 0 aromatic carbocycles. The standard InChI is InChI=1S/C49H94O6/c1-5-7-9-11-12-13-14-15-16-20-23-26-29-33-36-40-47(50)53-43-46(55-49(52)42-38-31-10-8-6-2)44-54-48(51)41-37-34-30-27-24-21-18-17-19-22-25-28-32-35-39-45(3)4/h45-46H,5-44H2,1-4H3/t46-/m0/s1. The third-order valence-electron chi connectivity index (χ3n) is 11.0. The van der Waals surface area contributed by atoms with Crippen molar-refractivity contribution in [2.75, 3.05) is 13.2 Å². The van der Waals surface area contributed by atoms with Gasteiger partial charge in [-0.25, -0.2) is 0 Å². The molecule has 0 fully saturated rings. The van der Waals surface area contributed by atoms with Gasteiger partial charge >= 0.3 is 17.9 Å². The Balaban J connectivity index is 4.08. The highest BCUT2D eigenvalue weighted by atomic mass is 16.6. The van der Waals surface area contributed by atoms with Crippen LogP contribution in [0.4, 0.5) is 0 Å². The number of hydrogen-bond acceptors (Lipinski definition) is 6. The zero-order valence-corrected chi connectivity index (χ0v) is 37.4. The fourth-order valence-electron chi connectivity index (χ4n) is 7.33. The lowest BCUT2D eigenvalue weighted by Gasteiger charge is -2.18. The fraction of sp³-hybridized carbons (Fsp3) is 0.939. The first kappa shape index (κ1) is 53.4. The van der Waals surface area contributed by atoms with Crippen LogP contribution in [0.3, 0.4) is 0 Å². The molecule has 6 heteroatoms. The van der Waals surface area contributed by atoms with Gasteiger partial charge in [-0.05, 0) is 25.2 Å². The number of ether oxygens (including phenoxy) is 3. The molecule has 0 rings (SSSR count). The molecule has 0 aromatic heterocycles. The van der Waals surface area contributed by atoms with Crippen LogP contribution in [0.15, 0.2) is 0 Å². The van der Waals surface area contributed by atoms with Gasteiger partial charge in [0.2, 0.25) is 0 Å². The molecule has 1 atom stereocenters. The Kier molecular flexibility index (Phi) is 42.3. The maximum Gasteiger partial charge on any atom is 0.306 e. The molecular weight excluding hydrogens is 685 g/mol. The van der Waals surface area contributed by atoms with E-state index in [0.717, 1.165) is 70.1 Å². The van der Waals surface area contributed by atoms with Gasteiger partial charge in [0, 0.05) is 19.3 Å². The molecular formula is C49H94O6. The van der Waals surface area contributed by atoms with Crippen molar-refractivity contribution in [3.05, 3.63) is 0 Å². The number of unbranched alkanes of at least 4 members (excludes halogenated alkanes) is 31. The average molecular weight is 779 g/mol. The van der Waals surface area contributed by atoms with Crippen LogP contribution < -0.4 is 0 Å². The lowest BCUT2D eigenvalue weighted by Crippen LogP contribution is -2.30. The molecule has 0 amide bonds. The Morgan fingerprint density at radius 2 is 0.600 bits per heavy atom. The van der Waals surface area contributed by atoms with Crippen molar-refractivity contribution < 1.29 is 28.6 Å². The minimum Gasteiger partial charge on any atom is -0.462 e. The predicted molar refractivity (Wildman–Crippen MR) is 233 cm³/mol. The molecule has 0 unspecified atom stereocenters. The molecule has 0 heterocycles. The molecule has 0 aliphatic carbocycles. The lowest BCUT2D eigenvalue weighted by molar-refractivity contribution is -0.167. The Hall–Kier alpha value is -1.59. The largest absolute Gasteiger partial charge is 0.462 e. The van der Waals surface area contributed by atoms with Crippen molar-refractivity contribution in [2.45, 2.75) is 278 Å². The molecule has 0 aliphatic heterocycles. The normalized spacial score (nSPS) is 11.9. The molecule has 55 heavy (non-hydrogen) atoms. The highest BCUT2D eigenvalue weighted by molar-refractivity contribution is 5.71. The third-order valence-corrected chi connectivity index (χ3v) is 11.0. The quantitative estimate of drug-likeness (QED) is 0.0348. The van der Waals surface area contributed by atoms with E-state index in [2.05, 4.69) is 27.7 Å². The highest BCUT2D eigenvalue weighted by Gasteiger charge is 2.19. The summed E-state index contributed by atoms with van der Waals surface area (Å²) in [5.74, 6) is -0.0186. The molecule has 0 N–H and O–H groups in total. The summed E-state index contributed by atoms with van der Waals surface area (Å²) in [6, 6.07) is 0. The van der Waals surface area contributed by atoms with Gasteiger partial charge in [-0.2, -0.15) is 0 Å². The molecule has 6 nitrogen and oxygen atoms in total. The van der Waals surface area contributed by atoms with E-state index in [-0.39, 0.29) is 31.1 Å². The van der Waals surface area contributed by atoms with Crippen LogP contribution >= 0.6 is 0 Å². The first-order valence-corrected chi connectivity index (χ1v) is 24.4. The van der Waals surface area contributed by atoms with Crippen LogP contribution in [0.5, 0.6) is 0 Å². The zero-order chi connectivity index (χ0) is 40.3. The van der Waals surface area contributed by atoms with Crippen molar-refractivity contribution in [1.29, 1.82) is 0 Å². The van der Waals surface area contributed by atoms with Crippen molar-refractivity contribution in [3.8, 4) is 0 Å². The molecule has 0 saturated heterocycles. The summed E-state index contributed by atoms with van der Waals surface area (Å²) in [4.78, 5) is 37.5. The van der Waals surface area contributed by atoms with E-state index in [0.29, 0.717) is 19.3 Å². The molecule has 326 valence electrons. The van der Waals surface area contributed by atoms with Gasteiger partial charge in [0.1, 0.15) is 13.2 Å². The SMILES string of the molecule is CCCCCCCCCCCCCCCCCC(=O)OC[C@@H](COC(=O)CCCCCCCCCCCCCCCCC(C)C)OC(=O)CCCCCCC. The van der Waals surface area contributed by atoms with Crippen LogP contribution in [-0.2, 0) is 28.6 Å². The fourth-order valence-corrected chi connectivity index (χ4v) is 7.33. The Morgan fingerprint density at radius 3 is 0.891 bits per heavy atom. The van der Waals surface area contributed by atoms with Crippen molar-refractivity contribution in [2.24, 2.45) is 5.92 Å². The maximum absolute atomic E-state index is 12.5. The average Bonchev–Trinajstić information content (AvgIpc) is 3.17. The Morgan fingerprint density at radius 1 is 0.345 bits per heavy atom. The van der Waals surface area contributed by atoms with E-state index >= 15 is 0 Å². The summed E-state index contributed by atoms with van der Waals surface area (Å²) in [5.41, 5.74) is 0. The summed E-state index contributed by atoms with van der Waals surface area (Å²) in [6.45, 7) is 8.95. The maximum atomic E-state index is 12.5. The van der Waals surface area contributed by atoms with E-state index in [9.17, 15) is 14.4 Å². The summed E-state index contributed by atoms with van der Waals surface area (Å²) >= 11 is 0. The first-order valence-electron chi connectivity index (χ1n) is 24.4. The van der Waals surface area contributed by atoms with Gasteiger partial charge in [-0.1, -0.05) is 233 Å². The topological polar surface area (TPSA) is 78.9 Å². The molecule has 0 aliphatic rings. The van der Waals surface area contributed by atoms with E-state index in [4.69, 9.17) is 14.2 Å². The second kappa shape index (κ2) is 43.5. The smallest absolute Gasteiger partial charge is 0.306 e. The van der Waals surface area contributed by atoms with Gasteiger partial charge in [0.15, 0.2) is 6.10 Å². The third kappa shape index (κ3) is 43.4. The van der Waals surface area contributed by atoms with Gasteiger partial charge in [-0.3, -0.25) is 14.4 Å². The molecule has 0 spiro atoms. The lowest BCUT2D eigenvalue weighted by atomic mass is 10.0. The minimum absolute atomic E-state index is 0.0646. The van der Waals surface area contributed by atoms with Crippen molar-refractivity contribution in [1.82, 2.24) is 0 Å². The molecule has 0 bridgehead atoms. The number of hydrogen-bond donors (Lipinski definition) is 0. The number of carbonyl (C=O) groups is 3. The first-order chi connectivity index (χ1) is 26.9. The van der Waals surface area contributed by atoms with E-state index in [1.54, 1.807) is 0 Å². The molecule has 0 aromatic rings. The zero-order valence-electron chi connectivity index (χ0n) is 37.4.